The van der Waals surface area contributed by atoms with Crippen LogP contribution < -0.4 is 67.7 Å². The summed E-state index contributed by atoms with van der Waals surface area (Å²) in [4.78, 5) is 4.90. The molecule has 0 atom stereocenters. The van der Waals surface area contributed by atoms with Gasteiger partial charge in [0, 0.05) is 62.6 Å². The Labute approximate surface area is 334 Å². The molecule has 266 valence electrons. The maximum Gasteiger partial charge on any atom is 0.214 e. The molecule has 8 heteroatoms. The van der Waals surface area contributed by atoms with Crippen LogP contribution >= 0.6 is 0 Å². The van der Waals surface area contributed by atoms with Crippen LogP contribution in [0.3, 0.4) is 0 Å². The van der Waals surface area contributed by atoms with Crippen LogP contribution in [0.1, 0.15) is 50.2 Å². The zero-order valence-corrected chi connectivity index (χ0v) is 34.9. The smallest absolute Gasteiger partial charge is 0.214 e. The number of para-hydroxylation sites is 2. The number of aryl methyl sites for hydroxylation is 2. The van der Waals surface area contributed by atoms with Crippen molar-refractivity contribution in [3.63, 3.8) is 0 Å². The van der Waals surface area contributed by atoms with Crippen molar-refractivity contribution >= 4 is 57.5 Å². The molecule has 6 nitrogen and oxygen atoms in total. The summed E-state index contributed by atoms with van der Waals surface area (Å²) in [7, 11) is 4.30. The molecule has 0 spiro atoms. The van der Waals surface area contributed by atoms with Crippen LogP contribution in [-0.2, 0) is 14.1 Å². The quantitative estimate of drug-likeness (QED) is 0.117. The number of hydrogen-bond donors (Lipinski definition) is 2. The van der Waals surface area contributed by atoms with E-state index in [1.165, 1.54) is 44.3 Å². The highest BCUT2D eigenvalue weighted by molar-refractivity contribution is 5.91. The van der Waals surface area contributed by atoms with Gasteiger partial charge in [-0.2, -0.15) is 9.13 Å². The van der Waals surface area contributed by atoms with Gasteiger partial charge in [0.25, 0.3) is 0 Å². The molecule has 2 aromatic heterocycles. The molecule has 0 amide bonds. The molecular weight excluding hydrogens is 842 g/mol. The molecule has 0 fully saturated rings. The van der Waals surface area contributed by atoms with Gasteiger partial charge in [-0.15, -0.1) is 0 Å². The molecule has 0 unspecified atom stereocenters. The number of benzene rings is 3. The molecule has 0 aliphatic carbocycles. The fraction of sp³-hybridized carbons (Fsp3) is 0.333. The summed E-state index contributed by atoms with van der Waals surface area (Å²) in [5.74, 6) is 0. The molecule has 0 aliphatic heterocycles. The van der Waals surface area contributed by atoms with Gasteiger partial charge in [-0.3, -0.25) is 0 Å². The van der Waals surface area contributed by atoms with Crippen molar-refractivity contribution in [2.24, 2.45) is 14.1 Å². The summed E-state index contributed by atoms with van der Waals surface area (Å²) in [6.07, 6.45) is 8.89. The number of hydrogen-bond acceptors (Lipinski definition) is 4. The van der Waals surface area contributed by atoms with E-state index in [1.807, 2.05) is 0 Å². The van der Waals surface area contributed by atoms with Gasteiger partial charge in [0.05, 0.1) is 22.1 Å². The van der Waals surface area contributed by atoms with E-state index in [9.17, 15) is 0 Å². The molecule has 0 aliphatic rings. The third-order valence-corrected chi connectivity index (χ3v) is 9.55. The van der Waals surface area contributed by atoms with Crippen molar-refractivity contribution in [3.05, 3.63) is 107 Å². The van der Waals surface area contributed by atoms with Crippen LogP contribution in [0.5, 0.6) is 0 Å². The molecule has 0 saturated carbocycles. The number of pyridine rings is 2. The molecule has 0 radical (unpaired) electrons. The number of fused-ring (bicyclic) bond motifs is 2. The number of nitrogens with one attached hydrogen (secondary N) is 2. The van der Waals surface area contributed by atoms with Crippen LogP contribution in [0.15, 0.2) is 84.9 Å². The Balaban J connectivity index is 0.00000338. The van der Waals surface area contributed by atoms with E-state index >= 15 is 0 Å². The second kappa shape index (κ2) is 20.7. The van der Waals surface area contributed by atoms with Gasteiger partial charge >= 0.3 is 0 Å². The lowest BCUT2D eigenvalue weighted by atomic mass is 10.1. The van der Waals surface area contributed by atoms with E-state index in [0.29, 0.717) is 0 Å². The van der Waals surface area contributed by atoms with Crippen LogP contribution in [-0.4, -0.2) is 62.2 Å². The fourth-order valence-electron chi connectivity index (χ4n) is 6.43. The van der Waals surface area contributed by atoms with Crippen molar-refractivity contribution < 1.29 is 57.1 Å². The van der Waals surface area contributed by atoms with Crippen molar-refractivity contribution in [1.29, 1.82) is 0 Å². The third-order valence-electron chi connectivity index (χ3n) is 9.55. The van der Waals surface area contributed by atoms with Gasteiger partial charge < -0.3 is 68.4 Å². The van der Waals surface area contributed by atoms with Crippen molar-refractivity contribution in [3.8, 4) is 0 Å². The number of anilines is 2. The molecule has 3 aromatic carbocycles. The number of rotatable bonds is 16. The second-order valence-corrected chi connectivity index (χ2v) is 12.4. The molecule has 0 bridgehead atoms. The standard InChI is InChI=1S/C42H52N6.2HI/c1-7-47(8-2)28-26-43-39-31-35(45(5)41-20-13-11-18-37(39)41)24-22-33-16-15-17-34(30-33)23-25-36-32-40(44-27-29-48(9-3)10-4)38-19-12-14-21-42(38)46(36)6;;/h11-25,30-32H,7-10,26-29H2,1-6H3;2*1H/b24-22+,25-23+;;. The normalized spacial score (nSPS) is 11.5. The zero-order chi connectivity index (χ0) is 33.9. The summed E-state index contributed by atoms with van der Waals surface area (Å²) < 4.78 is 4.55. The van der Waals surface area contributed by atoms with Gasteiger partial charge in [-0.1, -0.05) is 70.2 Å². The minimum absolute atomic E-state index is 0. The van der Waals surface area contributed by atoms with Gasteiger partial charge in [0.2, 0.25) is 22.4 Å². The predicted molar refractivity (Wildman–Crippen MR) is 207 cm³/mol. The highest BCUT2D eigenvalue weighted by Crippen LogP contribution is 2.24. The summed E-state index contributed by atoms with van der Waals surface area (Å²) in [6.45, 7) is 17.1. The first kappa shape index (κ1) is 41.4. The third kappa shape index (κ3) is 10.5. The lowest BCUT2D eigenvalue weighted by Gasteiger charge is -2.19. The molecular formula is C42H54I2N6. The predicted octanol–water partition coefficient (Wildman–Crippen LogP) is 1.50. The first-order valence-corrected chi connectivity index (χ1v) is 17.7. The average Bonchev–Trinajstić information content (AvgIpc) is 3.13. The Kier molecular flexibility index (Phi) is 17.1. The maximum absolute atomic E-state index is 3.73. The molecule has 2 heterocycles. The van der Waals surface area contributed by atoms with Crippen molar-refractivity contribution in [2.45, 2.75) is 27.7 Å². The van der Waals surface area contributed by atoms with Gasteiger partial charge in [0.1, 0.15) is 14.1 Å². The van der Waals surface area contributed by atoms with E-state index in [0.717, 1.165) is 63.7 Å². The minimum Gasteiger partial charge on any atom is -1.00 e. The number of aromatic nitrogens is 2. The van der Waals surface area contributed by atoms with E-state index in [2.05, 4.69) is 181 Å². The van der Waals surface area contributed by atoms with E-state index in [-0.39, 0.29) is 48.0 Å². The monoisotopic (exact) mass is 896 g/mol. The Morgan fingerprint density at radius 1 is 0.520 bits per heavy atom. The molecule has 2 N–H and O–H groups in total. The van der Waals surface area contributed by atoms with Crippen LogP contribution in [0.4, 0.5) is 11.4 Å². The van der Waals surface area contributed by atoms with Crippen molar-refractivity contribution in [2.75, 3.05) is 63.0 Å². The Bertz CT molecular complexity index is 1750. The Morgan fingerprint density at radius 2 is 0.920 bits per heavy atom. The highest BCUT2D eigenvalue weighted by atomic mass is 127. The fourth-order valence-corrected chi connectivity index (χ4v) is 6.43. The first-order chi connectivity index (χ1) is 23.4. The van der Waals surface area contributed by atoms with Crippen molar-refractivity contribution in [1.82, 2.24) is 9.80 Å². The Morgan fingerprint density at radius 3 is 1.32 bits per heavy atom. The van der Waals surface area contributed by atoms with Crippen LogP contribution in [0.25, 0.3) is 46.1 Å². The van der Waals surface area contributed by atoms with Crippen LogP contribution in [0, 0.1) is 0 Å². The summed E-state index contributed by atoms with van der Waals surface area (Å²) in [5, 5.41) is 9.94. The number of halogens is 2. The number of likely N-dealkylation sites (N-methyl/N-ethyl adjacent to an activating group) is 2. The van der Waals surface area contributed by atoms with Crippen LogP contribution in [0.2, 0.25) is 0 Å². The van der Waals surface area contributed by atoms with Gasteiger partial charge in [-0.25, -0.2) is 0 Å². The molecule has 50 heavy (non-hydrogen) atoms. The van der Waals surface area contributed by atoms with Gasteiger partial charge in [0.15, 0.2) is 0 Å². The summed E-state index contributed by atoms with van der Waals surface area (Å²) in [6, 6.07) is 30.6. The highest BCUT2D eigenvalue weighted by Gasteiger charge is 2.16. The maximum atomic E-state index is 3.73. The molecule has 5 aromatic rings. The lowest BCUT2D eigenvalue weighted by molar-refractivity contribution is -0.646. The second-order valence-electron chi connectivity index (χ2n) is 12.4. The number of nitrogens with zero attached hydrogens (tertiary/aromatic N) is 4. The molecule has 0 saturated heterocycles. The molecule has 5 rings (SSSR count). The SMILES string of the molecule is CCN(CC)CCNc1cc(/C=C/c2cccc(/C=C/c3cc(NCCN(CC)CC)c4ccccc4[n+]3C)c2)[n+](C)c2ccccc12.[I-].[I-]. The lowest BCUT2D eigenvalue weighted by Crippen LogP contribution is -3.00. The van der Waals surface area contributed by atoms with E-state index in [1.54, 1.807) is 0 Å². The zero-order valence-electron chi connectivity index (χ0n) is 30.6. The van der Waals surface area contributed by atoms with E-state index in [4.69, 9.17) is 0 Å². The average molecular weight is 897 g/mol. The first-order valence-electron chi connectivity index (χ1n) is 17.7. The summed E-state index contributed by atoms with van der Waals surface area (Å²) >= 11 is 0. The van der Waals surface area contributed by atoms with E-state index < -0.39 is 0 Å². The summed E-state index contributed by atoms with van der Waals surface area (Å²) in [5.41, 5.74) is 9.44. The van der Waals surface area contributed by atoms with Gasteiger partial charge in [-0.05, 0) is 67.7 Å². The largest absolute Gasteiger partial charge is 1.00 e. The minimum atomic E-state index is 0. The Hall–Kier alpha value is -3.06. The topological polar surface area (TPSA) is 38.3 Å².